The van der Waals surface area contributed by atoms with Gasteiger partial charge in [-0.25, -0.2) is 9.97 Å². The van der Waals surface area contributed by atoms with Crippen molar-refractivity contribution in [3.05, 3.63) is 89.2 Å². The maximum absolute atomic E-state index is 6.20. The predicted octanol–water partition coefficient (Wildman–Crippen LogP) is 4.28. The molecule has 1 aliphatic rings. The van der Waals surface area contributed by atoms with Gasteiger partial charge in [0.1, 0.15) is 23.4 Å². The van der Waals surface area contributed by atoms with Crippen LogP contribution in [0.2, 0.25) is 5.02 Å². The quantitative estimate of drug-likeness (QED) is 0.354. The lowest BCUT2D eigenvalue weighted by Crippen LogP contribution is -3.15. The van der Waals surface area contributed by atoms with E-state index in [1.165, 1.54) is 16.0 Å². The van der Waals surface area contributed by atoms with Crippen LogP contribution in [0.5, 0.6) is 11.5 Å². The minimum absolute atomic E-state index is 0.249. The van der Waals surface area contributed by atoms with E-state index in [1.54, 1.807) is 20.5 Å². The predicted molar refractivity (Wildman–Crippen MR) is 147 cm³/mol. The van der Waals surface area contributed by atoms with Gasteiger partial charge in [0.05, 0.1) is 45.9 Å². The number of H-pyrrole nitrogens is 1. The summed E-state index contributed by atoms with van der Waals surface area (Å²) in [5, 5.41) is 1.75. The highest BCUT2D eigenvalue weighted by molar-refractivity contribution is 6.30. The number of ether oxygens (including phenoxy) is 2. The molecule has 3 heterocycles. The molecule has 1 atom stereocenters. The Hall–Kier alpha value is -3.81. The van der Waals surface area contributed by atoms with Crippen molar-refractivity contribution in [2.75, 3.05) is 45.3 Å². The molecular weight excluding hydrogens is 486 g/mol. The second-order valence-corrected chi connectivity index (χ2v) is 9.78. The molecule has 5 aromatic rings. The summed E-state index contributed by atoms with van der Waals surface area (Å²) in [6.45, 7) is 3.74. The van der Waals surface area contributed by atoms with Crippen molar-refractivity contribution >= 4 is 39.4 Å². The van der Waals surface area contributed by atoms with Gasteiger partial charge >= 0.3 is 0 Å². The molecule has 0 aliphatic carbocycles. The standard InChI is InChI=1S/C29H28ClN5O2/c1-36-24-16-22-23(17-25(24)37-2)33-27-26(22)31-18-32-29(27)35-14-12-34(13-15-35)28(19-6-4-3-5-7-19)20-8-10-21(30)11-9-20/h3-11,16-18,28,33H,12-15H2,1-2H3/p+1/t28-/m0/s1. The Kier molecular flexibility index (Phi) is 6.32. The molecule has 0 radical (unpaired) electrons. The van der Waals surface area contributed by atoms with Gasteiger partial charge in [0.2, 0.25) is 0 Å². The van der Waals surface area contributed by atoms with Gasteiger partial charge in [-0.3, -0.25) is 0 Å². The minimum Gasteiger partial charge on any atom is -0.493 e. The number of fused-ring (bicyclic) bond motifs is 3. The molecule has 0 unspecified atom stereocenters. The van der Waals surface area contributed by atoms with Crippen molar-refractivity contribution in [1.29, 1.82) is 0 Å². The van der Waals surface area contributed by atoms with E-state index in [1.807, 2.05) is 24.3 Å². The number of quaternary nitrogens is 1. The Bertz CT molecular complexity index is 1530. The van der Waals surface area contributed by atoms with E-state index < -0.39 is 0 Å². The van der Waals surface area contributed by atoms with Crippen LogP contribution in [-0.4, -0.2) is 55.4 Å². The van der Waals surface area contributed by atoms with E-state index >= 15 is 0 Å². The van der Waals surface area contributed by atoms with Crippen LogP contribution in [0.15, 0.2) is 73.1 Å². The zero-order valence-corrected chi connectivity index (χ0v) is 21.6. The molecule has 1 saturated heterocycles. The van der Waals surface area contributed by atoms with Crippen LogP contribution < -0.4 is 19.3 Å². The molecule has 7 nitrogen and oxygen atoms in total. The number of halogens is 1. The van der Waals surface area contributed by atoms with Crippen LogP contribution in [0.25, 0.3) is 21.9 Å². The van der Waals surface area contributed by atoms with Crippen molar-refractivity contribution in [3.8, 4) is 11.5 Å². The largest absolute Gasteiger partial charge is 0.493 e. The first-order chi connectivity index (χ1) is 18.2. The molecule has 188 valence electrons. The zero-order chi connectivity index (χ0) is 25.4. The summed E-state index contributed by atoms with van der Waals surface area (Å²) in [6, 6.07) is 23.2. The fourth-order valence-electron chi connectivity index (χ4n) is 5.51. The van der Waals surface area contributed by atoms with Crippen LogP contribution in [0, 0.1) is 0 Å². The van der Waals surface area contributed by atoms with E-state index in [0.29, 0.717) is 11.5 Å². The normalized spacial score (nSPS) is 15.3. The highest BCUT2D eigenvalue weighted by atomic mass is 35.5. The van der Waals surface area contributed by atoms with Gasteiger partial charge in [-0.15, -0.1) is 0 Å². The number of aromatic nitrogens is 3. The molecule has 1 fully saturated rings. The van der Waals surface area contributed by atoms with E-state index in [0.717, 1.165) is 59.0 Å². The minimum atomic E-state index is 0.249. The topological polar surface area (TPSA) is 67.7 Å². The number of nitrogens with one attached hydrogen (secondary N) is 2. The van der Waals surface area contributed by atoms with Crippen LogP contribution >= 0.6 is 11.6 Å². The van der Waals surface area contributed by atoms with E-state index in [9.17, 15) is 0 Å². The van der Waals surface area contributed by atoms with Crippen LogP contribution in [0.3, 0.4) is 0 Å². The number of nitrogens with zero attached hydrogens (tertiary/aromatic N) is 3. The SMILES string of the molecule is COc1cc2[nH]c3c(N4CC[NH+]([C@@H](c5ccccc5)c5ccc(Cl)cc5)CC4)ncnc3c2cc1OC. The molecular formula is C29H29ClN5O2+. The molecule has 2 N–H and O–H groups in total. The van der Waals surface area contributed by atoms with Crippen LogP contribution in [0.4, 0.5) is 5.82 Å². The Morgan fingerprint density at radius 3 is 2.27 bits per heavy atom. The summed E-state index contributed by atoms with van der Waals surface area (Å²) in [6.07, 6.45) is 1.65. The van der Waals surface area contributed by atoms with Gasteiger partial charge in [0, 0.05) is 27.6 Å². The monoisotopic (exact) mass is 514 g/mol. The molecule has 0 amide bonds. The van der Waals surface area contributed by atoms with Gasteiger partial charge in [-0.2, -0.15) is 0 Å². The third-order valence-corrected chi connectivity index (χ3v) is 7.57. The number of anilines is 1. The number of benzene rings is 3. The number of hydrogen-bond donors (Lipinski definition) is 2. The smallest absolute Gasteiger partial charge is 0.162 e. The third-order valence-electron chi connectivity index (χ3n) is 7.32. The molecule has 1 aliphatic heterocycles. The average Bonchev–Trinajstić information content (AvgIpc) is 3.32. The lowest BCUT2D eigenvalue weighted by molar-refractivity contribution is -0.926. The number of rotatable bonds is 6. The zero-order valence-electron chi connectivity index (χ0n) is 20.9. The average molecular weight is 515 g/mol. The summed E-state index contributed by atoms with van der Waals surface area (Å²) >= 11 is 6.20. The van der Waals surface area contributed by atoms with Crippen LogP contribution in [-0.2, 0) is 0 Å². The third kappa shape index (κ3) is 4.34. The molecule has 2 aromatic heterocycles. The maximum atomic E-state index is 6.20. The lowest BCUT2D eigenvalue weighted by Gasteiger charge is -2.37. The first-order valence-corrected chi connectivity index (χ1v) is 12.8. The van der Waals surface area contributed by atoms with Crippen molar-refractivity contribution < 1.29 is 14.4 Å². The highest BCUT2D eigenvalue weighted by Crippen LogP contribution is 2.37. The van der Waals surface area contributed by atoms with Crippen molar-refractivity contribution in [2.24, 2.45) is 0 Å². The van der Waals surface area contributed by atoms with Crippen LogP contribution in [0.1, 0.15) is 17.2 Å². The highest BCUT2D eigenvalue weighted by Gasteiger charge is 2.31. The summed E-state index contributed by atoms with van der Waals surface area (Å²) in [5.41, 5.74) is 5.37. The summed E-state index contributed by atoms with van der Waals surface area (Å²) in [5.74, 6) is 2.30. The van der Waals surface area contributed by atoms with Crippen molar-refractivity contribution in [3.63, 3.8) is 0 Å². The second kappa shape index (κ2) is 9.92. The first-order valence-electron chi connectivity index (χ1n) is 12.4. The molecule has 37 heavy (non-hydrogen) atoms. The number of piperazine rings is 1. The van der Waals surface area contributed by atoms with Crippen molar-refractivity contribution in [2.45, 2.75) is 6.04 Å². The second-order valence-electron chi connectivity index (χ2n) is 9.34. The van der Waals surface area contributed by atoms with E-state index in [2.05, 4.69) is 57.3 Å². The molecule has 6 rings (SSSR count). The maximum Gasteiger partial charge on any atom is 0.162 e. The molecule has 8 heteroatoms. The van der Waals surface area contributed by atoms with Gasteiger partial charge in [0.15, 0.2) is 17.3 Å². The Balaban J connectivity index is 1.30. The Morgan fingerprint density at radius 1 is 0.892 bits per heavy atom. The summed E-state index contributed by atoms with van der Waals surface area (Å²) in [7, 11) is 3.29. The fraction of sp³-hybridized carbons (Fsp3) is 0.241. The van der Waals surface area contributed by atoms with E-state index in [-0.39, 0.29) is 6.04 Å². The van der Waals surface area contributed by atoms with E-state index in [4.69, 9.17) is 26.1 Å². The van der Waals surface area contributed by atoms with Gasteiger partial charge < -0.3 is 24.3 Å². The van der Waals surface area contributed by atoms with Crippen molar-refractivity contribution in [1.82, 2.24) is 15.0 Å². The summed E-state index contributed by atoms with van der Waals surface area (Å²) in [4.78, 5) is 16.7. The molecule has 0 bridgehead atoms. The lowest BCUT2D eigenvalue weighted by atomic mass is 9.96. The molecule has 0 spiro atoms. The fourth-order valence-corrected chi connectivity index (χ4v) is 5.63. The Morgan fingerprint density at radius 2 is 1.57 bits per heavy atom. The number of methoxy groups -OCH3 is 2. The van der Waals surface area contributed by atoms with Gasteiger partial charge in [-0.05, 0) is 18.2 Å². The first kappa shape index (κ1) is 23.6. The number of aromatic amines is 1. The summed E-state index contributed by atoms with van der Waals surface area (Å²) < 4.78 is 11.0. The Labute approximate surface area is 220 Å². The number of hydrogen-bond acceptors (Lipinski definition) is 5. The van der Waals surface area contributed by atoms with Gasteiger partial charge in [0.25, 0.3) is 0 Å². The van der Waals surface area contributed by atoms with Gasteiger partial charge in [-0.1, -0.05) is 54.1 Å². The molecule has 3 aromatic carbocycles. The molecule has 0 saturated carbocycles.